The molecule has 0 aliphatic rings. The number of rotatable bonds is 9. The molecule has 0 spiro atoms. The van der Waals surface area contributed by atoms with Gasteiger partial charge < -0.3 is 14.6 Å². The van der Waals surface area contributed by atoms with Gasteiger partial charge in [-0.05, 0) is 33.6 Å². The fourth-order valence-electron chi connectivity index (χ4n) is 1.22. The van der Waals surface area contributed by atoms with Crippen LogP contribution in [0.4, 0.5) is 0 Å². The van der Waals surface area contributed by atoms with Gasteiger partial charge in [-0.1, -0.05) is 24.3 Å². The molecule has 2 unspecified atom stereocenters. The number of hydrogen-bond donors (Lipinski definition) is 1. The van der Waals surface area contributed by atoms with Gasteiger partial charge in [-0.25, -0.2) is 0 Å². The van der Waals surface area contributed by atoms with E-state index in [0.29, 0.717) is 19.6 Å². The van der Waals surface area contributed by atoms with Gasteiger partial charge in [0.2, 0.25) is 0 Å². The van der Waals surface area contributed by atoms with Crippen LogP contribution in [0.5, 0.6) is 0 Å². The molecule has 0 aromatic heterocycles. The molecule has 0 bridgehead atoms. The monoisotopic (exact) mass is 228 g/mol. The van der Waals surface area contributed by atoms with Gasteiger partial charge in [0.1, 0.15) is 0 Å². The number of hydrogen-bond acceptors (Lipinski definition) is 3. The molecule has 3 heteroatoms. The van der Waals surface area contributed by atoms with Crippen molar-refractivity contribution in [2.45, 2.75) is 46.0 Å². The minimum atomic E-state index is -0.387. The summed E-state index contributed by atoms with van der Waals surface area (Å²) in [6, 6.07) is 0. The minimum absolute atomic E-state index is 0.152. The smallest absolute Gasteiger partial charge is 0.154 e. The lowest BCUT2D eigenvalue weighted by atomic mass is 10.2. The van der Waals surface area contributed by atoms with Gasteiger partial charge in [-0.3, -0.25) is 0 Å². The summed E-state index contributed by atoms with van der Waals surface area (Å²) in [7, 11) is 0. The van der Waals surface area contributed by atoms with Crippen LogP contribution in [0.1, 0.15) is 33.6 Å². The lowest BCUT2D eigenvalue weighted by Gasteiger charge is -2.13. The molecular weight excluding hydrogens is 204 g/mol. The van der Waals surface area contributed by atoms with Crippen molar-refractivity contribution in [1.82, 2.24) is 0 Å². The minimum Gasteiger partial charge on any atom is -0.389 e. The van der Waals surface area contributed by atoms with E-state index < -0.39 is 0 Å². The van der Waals surface area contributed by atoms with Crippen LogP contribution < -0.4 is 0 Å². The molecule has 3 nitrogen and oxygen atoms in total. The topological polar surface area (TPSA) is 38.7 Å². The van der Waals surface area contributed by atoms with Crippen molar-refractivity contribution in [3.63, 3.8) is 0 Å². The summed E-state index contributed by atoms with van der Waals surface area (Å²) in [6.45, 7) is 7.05. The Balaban J connectivity index is 3.43. The van der Waals surface area contributed by atoms with Gasteiger partial charge >= 0.3 is 0 Å². The Morgan fingerprint density at radius 3 is 2.62 bits per heavy atom. The van der Waals surface area contributed by atoms with Crippen LogP contribution in [0.15, 0.2) is 24.3 Å². The number of ether oxygens (including phenoxy) is 2. The van der Waals surface area contributed by atoms with Crippen molar-refractivity contribution in [1.29, 1.82) is 0 Å². The van der Waals surface area contributed by atoms with Crippen LogP contribution >= 0.6 is 0 Å². The first kappa shape index (κ1) is 15.4. The maximum atomic E-state index is 9.54. The maximum absolute atomic E-state index is 9.54. The van der Waals surface area contributed by atoms with E-state index in [1.807, 2.05) is 39.0 Å². The summed E-state index contributed by atoms with van der Waals surface area (Å²) < 4.78 is 10.6. The van der Waals surface area contributed by atoms with Crippen LogP contribution in [0, 0.1) is 0 Å². The first-order valence-corrected chi connectivity index (χ1v) is 5.91. The fraction of sp³-hybridized carbons (Fsp3) is 0.692. The van der Waals surface area contributed by atoms with Crippen LogP contribution in [0.3, 0.4) is 0 Å². The molecule has 1 N–H and O–H groups in total. The number of aliphatic hydroxyl groups is 1. The van der Waals surface area contributed by atoms with Gasteiger partial charge in [0.15, 0.2) is 6.29 Å². The molecule has 0 amide bonds. The van der Waals surface area contributed by atoms with E-state index in [0.717, 1.165) is 6.42 Å². The Bertz CT molecular complexity index is 199. The average molecular weight is 228 g/mol. The number of aliphatic hydroxyl groups excluding tert-OH is 1. The van der Waals surface area contributed by atoms with Crippen molar-refractivity contribution in [3.05, 3.63) is 24.3 Å². The van der Waals surface area contributed by atoms with Crippen molar-refractivity contribution in [2.75, 3.05) is 13.2 Å². The van der Waals surface area contributed by atoms with Crippen molar-refractivity contribution in [3.8, 4) is 0 Å². The molecule has 0 rings (SSSR count). The highest BCUT2D eigenvalue weighted by Gasteiger charge is 2.02. The lowest BCUT2D eigenvalue weighted by Crippen LogP contribution is -2.14. The zero-order valence-electron chi connectivity index (χ0n) is 10.6. The molecule has 0 aromatic carbocycles. The molecule has 94 valence electrons. The average Bonchev–Trinajstić information content (AvgIpc) is 2.25. The highest BCUT2D eigenvalue weighted by molar-refractivity contribution is 5.03. The molecule has 16 heavy (non-hydrogen) atoms. The number of allylic oxidation sites excluding steroid dienone is 3. The highest BCUT2D eigenvalue weighted by atomic mass is 16.7. The largest absolute Gasteiger partial charge is 0.389 e. The van der Waals surface area contributed by atoms with Gasteiger partial charge in [0, 0.05) is 13.2 Å². The molecule has 0 fully saturated rings. The molecule has 0 saturated heterocycles. The fourth-order valence-corrected chi connectivity index (χ4v) is 1.22. The van der Waals surface area contributed by atoms with Gasteiger partial charge in [-0.2, -0.15) is 0 Å². The summed E-state index contributed by atoms with van der Waals surface area (Å²) >= 11 is 0. The molecule has 0 heterocycles. The zero-order valence-corrected chi connectivity index (χ0v) is 10.6. The first-order valence-electron chi connectivity index (χ1n) is 5.91. The van der Waals surface area contributed by atoms with Crippen molar-refractivity contribution < 1.29 is 14.6 Å². The van der Waals surface area contributed by atoms with Crippen LogP contribution in [0.2, 0.25) is 0 Å². The predicted molar refractivity (Wildman–Crippen MR) is 66.2 cm³/mol. The Kier molecular flexibility index (Phi) is 10.4. The third-order valence-electron chi connectivity index (χ3n) is 2.03. The van der Waals surface area contributed by atoms with Crippen molar-refractivity contribution in [2.24, 2.45) is 0 Å². The van der Waals surface area contributed by atoms with E-state index in [9.17, 15) is 5.11 Å². The Morgan fingerprint density at radius 1 is 1.25 bits per heavy atom. The SMILES string of the molecule is C/C=C/C=C/C(O)CCCOC(C)OCC. The predicted octanol–water partition coefficient (Wildman–Crippen LogP) is 2.66. The summed E-state index contributed by atoms with van der Waals surface area (Å²) in [5, 5.41) is 9.54. The Morgan fingerprint density at radius 2 is 2.00 bits per heavy atom. The molecule has 0 aliphatic heterocycles. The quantitative estimate of drug-likeness (QED) is 0.374. The summed E-state index contributed by atoms with van der Waals surface area (Å²) in [4.78, 5) is 0. The lowest BCUT2D eigenvalue weighted by molar-refractivity contribution is -0.128. The molecular formula is C13H24O3. The third kappa shape index (κ3) is 9.90. The second kappa shape index (κ2) is 10.9. The van der Waals surface area contributed by atoms with Crippen LogP contribution in [0.25, 0.3) is 0 Å². The normalized spacial score (nSPS) is 16.0. The summed E-state index contributed by atoms with van der Waals surface area (Å²) in [5.41, 5.74) is 0. The van der Waals surface area contributed by atoms with E-state index in [-0.39, 0.29) is 12.4 Å². The maximum Gasteiger partial charge on any atom is 0.154 e. The van der Waals surface area contributed by atoms with Crippen molar-refractivity contribution >= 4 is 0 Å². The van der Waals surface area contributed by atoms with E-state index >= 15 is 0 Å². The Hall–Kier alpha value is -0.640. The van der Waals surface area contributed by atoms with Crippen LogP contribution in [-0.4, -0.2) is 30.7 Å². The molecule has 0 aliphatic carbocycles. The second-order valence-electron chi connectivity index (χ2n) is 3.51. The third-order valence-corrected chi connectivity index (χ3v) is 2.03. The summed E-state index contributed by atoms with van der Waals surface area (Å²) in [6.07, 6.45) is 8.47. The molecule has 0 radical (unpaired) electrons. The van der Waals surface area contributed by atoms with E-state index in [4.69, 9.17) is 9.47 Å². The van der Waals surface area contributed by atoms with Gasteiger partial charge in [-0.15, -0.1) is 0 Å². The van der Waals surface area contributed by atoms with E-state index in [1.165, 1.54) is 0 Å². The highest BCUT2D eigenvalue weighted by Crippen LogP contribution is 2.01. The molecule has 0 saturated carbocycles. The van der Waals surface area contributed by atoms with Gasteiger partial charge in [0.05, 0.1) is 6.10 Å². The standard InChI is InChI=1S/C13H24O3/c1-4-6-7-9-13(14)10-8-11-16-12(3)15-5-2/h4,6-7,9,12-14H,5,8,10-11H2,1-3H3/b6-4+,9-7+. The van der Waals surface area contributed by atoms with Gasteiger partial charge in [0.25, 0.3) is 0 Å². The summed E-state index contributed by atoms with van der Waals surface area (Å²) in [5.74, 6) is 0. The first-order chi connectivity index (χ1) is 7.70. The van der Waals surface area contributed by atoms with E-state index in [1.54, 1.807) is 6.08 Å². The zero-order chi connectivity index (χ0) is 12.2. The Labute approximate surface area is 98.8 Å². The van der Waals surface area contributed by atoms with E-state index in [2.05, 4.69) is 0 Å². The van der Waals surface area contributed by atoms with Crippen LogP contribution in [-0.2, 0) is 9.47 Å². The molecule has 2 atom stereocenters. The second-order valence-corrected chi connectivity index (χ2v) is 3.51. The molecule has 0 aromatic rings.